The van der Waals surface area contributed by atoms with Gasteiger partial charge in [-0.1, -0.05) is 0 Å². The molecule has 8 heteroatoms. The Kier molecular flexibility index (Phi) is 6.16. The molecule has 2 N–H and O–H groups in total. The summed E-state index contributed by atoms with van der Waals surface area (Å²) in [4.78, 5) is 11.9. The second-order valence-electron chi connectivity index (χ2n) is 5.46. The van der Waals surface area contributed by atoms with E-state index in [0.29, 0.717) is 6.54 Å². The summed E-state index contributed by atoms with van der Waals surface area (Å²) < 4.78 is 19.9. The van der Waals surface area contributed by atoms with E-state index >= 15 is 0 Å². The molecule has 1 aliphatic rings. The highest BCUT2D eigenvalue weighted by Crippen LogP contribution is 2.14. The minimum Gasteiger partial charge on any atom is -0.497 e. The molecule has 0 spiro atoms. The summed E-state index contributed by atoms with van der Waals surface area (Å²) in [6, 6.07) is 8.91. The zero-order valence-corrected chi connectivity index (χ0v) is 14.1. The lowest BCUT2D eigenvalue weighted by Gasteiger charge is -2.09. The van der Waals surface area contributed by atoms with Gasteiger partial charge in [-0.25, -0.2) is 9.07 Å². The van der Waals surface area contributed by atoms with Crippen LogP contribution in [0.3, 0.4) is 0 Å². The van der Waals surface area contributed by atoms with Gasteiger partial charge < -0.3 is 15.4 Å². The van der Waals surface area contributed by atoms with Gasteiger partial charge in [0.1, 0.15) is 11.9 Å². The summed E-state index contributed by atoms with van der Waals surface area (Å²) in [7, 11) is 1.62. The van der Waals surface area contributed by atoms with Crippen LogP contribution in [0.5, 0.6) is 5.75 Å². The summed E-state index contributed by atoms with van der Waals surface area (Å²) in [5.41, 5.74) is 1.64. The number of methoxy groups -OCH3 is 1. The average molecular weight is 355 g/mol. The molecule has 1 saturated heterocycles. The van der Waals surface area contributed by atoms with Gasteiger partial charge in [0.25, 0.3) is 0 Å². The molecule has 0 saturated carbocycles. The molecular weight excluding hydrogens is 335 g/mol. The Morgan fingerprint density at radius 3 is 2.79 bits per heavy atom. The lowest BCUT2D eigenvalue weighted by atomic mass is 10.2. The van der Waals surface area contributed by atoms with E-state index in [1.165, 1.54) is 0 Å². The van der Waals surface area contributed by atoms with Crippen LogP contribution in [0.4, 0.5) is 4.39 Å². The molecule has 130 valence electrons. The maximum atomic E-state index is 13.1. The van der Waals surface area contributed by atoms with E-state index in [0.717, 1.165) is 17.1 Å². The quantitative estimate of drug-likeness (QED) is 0.856. The Bertz CT molecular complexity index is 677. The molecule has 2 heterocycles. The molecule has 2 atom stereocenters. The standard InChI is InChI=1S/C16H19FN4O2.ClH/c1-23-14-4-2-13(3-5-14)21-7-6-12(20-21)10-19-16(22)15-8-11(17)9-18-15;/h2-7,11,15,18H,8-10H2,1H3,(H,19,22);1H/t11-,15+;/m0./s1. The van der Waals surface area contributed by atoms with Gasteiger partial charge in [-0.3, -0.25) is 4.79 Å². The molecule has 1 aromatic carbocycles. The molecule has 3 rings (SSSR count). The van der Waals surface area contributed by atoms with Gasteiger partial charge in [0.15, 0.2) is 0 Å². The second-order valence-corrected chi connectivity index (χ2v) is 5.46. The number of benzene rings is 1. The second kappa shape index (κ2) is 8.12. The van der Waals surface area contributed by atoms with Crippen molar-refractivity contribution in [3.8, 4) is 11.4 Å². The predicted molar refractivity (Wildman–Crippen MR) is 90.5 cm³/mol. The number of hydrogen-bond acceptors (Lipinski definition) is 4. The minimum absolute atomic E-state index is 0. The predicted octanol–water partition coefficient (Wildman–Crippen LogP) is 1.62. The van der Waals surface area contributed by atoms with Crippen LogP contribution < -0.4 is 15.4 Å². The van der Waals surface area contributed by atoms with Gasteiger partial charge in [-0.05, 0) is 30.3 Å². The topological polar surface area (TPSA) is 68.2 Å². The minimum atomic E-state index is -0.944. The van der Waals surface area contributed by atoms with Gasteiger partial charge in [-0.2, -0.15) is 5.10 Å². The third-order valence-electron chi connectivity index (χ3n) is 3.82. The van der Waals surface area contributed by atoms with Crippen LogP contribution in [-0.4, -0.2) is 41.6 Å². The SMILES string of the molecule is COc1ccc(-n2ccc(CNC(=O)[C@H]3C[C@H](F)CN3)n2)cc1.Cl. The first-order chi connectivity index (χ1) is 11.2. The molecule has 2 aromatic rings. The number of aromatic nitrogens is 2. The van der Waals surface area contributed by atoms with Crippen molar-refractivity contribution in [3.05, 3.63) is 42.2 Å². The summed E-state index contributed by atoms with van der Waals surface area (Å²) in [5.74, 6) is 0.591. The summed E-state index contributed by atoms with van der Waals surface area (Å²) >= 11 is 0. The number of amides is 1. The molecule has 0 aliphatic carbocycles. The van der Waals surface area contributed by atoms with Crippen LogP contribution in [-0.2, 0) is 11.3 Å². The van der Waals surface area contributed by atoms with E-state index in [9.17, 15) is 9.18 Å². The molecule has 0 radical (unpaired) electrons. The van der Waals surface area contributed by atoms with E-state index in [1.54, 1.807) is 11.8 Å². The summed E-state index contributed by atoms with van der Waals surface area (Å²) in [5, 5.41) is 10.1. The maximum absolute atomic E-state index is 13.1. The number of carbonyl (C=O) groups excluding carboxylic acids is 1. The van der Waals surface area contributed by atoms with Crippen molar-refractivity contribution in [1.82, 2.24) is 20.4 Å². The van der Waals surface area contributed by atoms with Crippen molar-refractivity contribution in [1.29, 1.82) is 0 Å². The fourth-order valence-electron chi connectivity index (χ4n) is 2.53. The van der Waals surface area contributed by atoms with Crippen LogP contribution in [0.1, 0.15) is 12.1 Å². The Labute approximate surface area is 145 Å². The number of hydrogen-bond donors (Lipinski definition) is 2. The zero-order valence-electron chi connectivity index (χ0n) is 13.2. The highest BCUT2D eigenvalue weighted by molar-refractivity contribution is 5.85. The van der Waals surface area contributed by atoms with E-state index in [1.807, 2.05) is 36.5 Å². The lowest BCUT2D eigenvalue weighted by Crippen LogP contribution is -2.40. The third-order valence-corrected chi connectivity index (χ3v) is 3.82. The molecule has 1 aliphatic heterocycles. The first-order valence-corrected chi connectivity index (χ1v) is 7.50. The van der Waals surface area contributed by atoms with Gasteiger partial charge in [0.2, 0.25) is 5.91 Å². The molecule has 1 fully saturated rings. The van der Waals surface area contributed by atoms with Crippen LogP contribution in [0, 0.1) is 0 Å². The van der Waals surface area contributed by atoms with Crippen LogP contribution in [0.2, 0.25) is 0 Å². The number of carbonyl (C=O) groups is 1. The molecule has 1 amide bonds. The van der Waals surface area contributed by atoms with E-state index in [4.69, 9.17) is 4.74 Å². The lowest BCUT2D eigenvalue weighted by molar-refractivity contribution is -0.123. The van der Waals surface area contributed by atoms with Crippen molar-refractivity contribution in [2.75, 3.05) is 13.7 Å². The fraction of sp³-hybridized carbons (Fsp3) is 0.375. The van der Waals surface area contributed by atoms with Crippen molar-refractivity contribution in [2.24, 2.45) is 0 Å². The van der Waals surface area contributed by atoms with Crippen LogP contribution in [0.25, 0.3) is 5.69 Å². The molecule has 0 bridgehead atoms. The number of halogens is 2. The molecular formula is C16H20ClFN4O2. The first kappa shape index (κ1) is 18.2. The Hall–Kier alpha value is -2.12. The van der Waals surface area contributed by atoms with Crippen molar-refractivity contribution < 1.29 is 13.9 Å². The van der Waals surface area contributed by atoms with Crippen molar-refractivity contribution >= 4 is 18.3 Å². The number of ether oxygens (including phenoxy) is 1. The third kappa shape index (κ3) is 4.24. The Morgan fingerprint density at radius 2 is 2.17 bits per heavy atom. The van der Waals surface area contributed by atoms with Gasteiger partial charge in [0.05, 0.1) is 31.1 Å². The molecule has 1 aromatic heterocycles. The smallest absolute Gasteiger partial charge is 0.237 e. The number of alkyl halides is 1. The normalized spacial score (nSPS) is 19.6. The zero-order chi connectivity index (χ0) is 16.2. The number of nitrogens with one attached hydrogen (secondary N) is 2. The van der Waals surface area contributed by atoms with Gasteiger partial charge >= 0.3 is 0 Å². The summed E-state index contributed by atoms with van der Waals surface area (Å²) in [6.07, 6.45) is 1.11. The molecule has 0 unspecified atom stereocenters. The largest absolute Gasteiger partial charge is 0.497 e. The Balaban J connectivity index is 0.00000208. The van der Waals surface area contributed by atoms with E-state index in [2.05, 4.69) is 15.7 Å². The first-order valence-electron chi connectivity index (χ1n) is 7.50. The highest BCUT2D eigenvalue weighted by atomic mass is 35.5. The van der Waals surface area contributed by atoms with Crippen molar-refractivity contribution in [3.63, 3.8) is 0 Å². The summed E-state index contributed by atoms with van der Waals surface area (Å²) in [6.45, 7) is 0.557. The van der Waals surface area contributed by atoms with Crippen LogP contribution >= 0.6 is 12.4 Å². The fourth-order valence-corrected chi connectivity index (χ4v) is 2.53. The van der Waals surface area contributed by atoms with Crippen molar-refractivity contribution in [2.45, 2.75) is 25.2 Å². The number of rotatable bonds is 5. The molecule has 6 nitrogen and oxygen atoms in total. The Morgan fingerprint density at radius 1 is 1.42 bits per heavy atom. The van der Waals surface area contributed by atoms with E-state index < -0.39 is 12.2 Å². The molecule has 24 heavy (non-hydrogen) atoms. The average Bonchev–Trinajstić information content (AvgIpc) is 3.22. The van der Waals surface area contributed by atoms with Gasteiger partial charge in [0, 0.05) is 19.2 Å². The highest BCUT2D eigenvalue weighted by Gasteiger charge is 2.28. The maximum Gasteiger partial charge on any atom is 0.237 e. The van der Waals surface area contributed by atoms with Gasteiger partial charge in [-0.15, -0.1) is 12.4 Å². The number of nitrogens with zero attached hydrogens (tertiary/aromatic N) is 2. The monoisotopic (exact) mass is 354 g/mol. The van der Waals surface area contributed by atoms with E-state index in [-0.39, 0.29) is 31.3 Å². The van der Waals surface area contributed by atoms with Crippen LogP contribution in [0.15, 0.2) is 36.5 Å².